The zero-order valence-electron chi connectivity index (χ0n) is 10.1. The molecule has 2 aromatic carbocycles. The fourth-order valence-corrected chi connectivity index (χ4v) is 1.80. The van der Waals surface area contributed by atoms with E-state index in [0.29, 0.717) is 11.1 Å². The van der Waals surface area contributed by atoms with Crippen molar-refractivity contribution in [3.63, 3.8) is 0 Å². The Morgan fingerprint density at radius 3 is 2.37 bits per heavy atom. The summed E-state index contributed by atoms with van der Waals surface area (Å²) in [4.78, 5) is 0. The van der Waals surface area contributed by atoms with Gasteiger partial charge in [-0.3, -0.25) is 0 Å². The van der Waals surface area contributed by atoms with Crippen molar-refractivity contribution in [1.82, 2.24) is 0 Å². The van der Waals surface area contributed by atoms with Crippen molar-refractivity contribution < 1.29 is 13.2 Å². The van der Waals surface area contributed by atoms with Gasteiger partial charge in [-0.15, -0.1) is 0 Å². The maximum atomic E-state index is 13.4. The first-order valence-electron chi connectivity index (χ1n) is 5.61. The fourth-order valence-electron chi connectivity index (χ4n) is 1.60. The molecule has 0 saturated heterocycles. The van der Waals surface area contributed by atoms with Gasteiger partial charge in [-0.1, -0.05) is 23.7 Å². The Morgan fingerprint density at radius 2 is 1.68 bits per heavy atom. The van der Waals surface area contributed by atoms with Gasteiger partial charge in [0.05, 0.1) is 5.69 Å². The third-order valence-electron chi connectivity index (χ3n) is 2.73. The van der Waals surface area contributed by atoms with Crippen molar-refractivity contribution in [3.05, 3.63) is 63.9 Å². The molecule has 1 nitrogen and oxygen atoms in total. The second kappa shape index (κ2) is 5.53. The lowest BCUT2D eigenvalue weighted by molar-refractivity contribution is 0.496. The lowest BCUT2D eigenvalue weighted by Crippen LogP contribution is -2.03. The fraction of sp³-hybridized carbons (Fsp3) is 0.143. The number of rotatable bonds is 3. The summed E-state index contributed by atoms with van der Waals surface area (Å²) < 4.78 is 39.1. The topological polar surface area (TPSA) is 12.0 Å². The van der Waals surface area contributed by atoms with Crippen LogP contribution in [0.4, 0.5) is 18.9 Å². The highest BCUT2D eigenvalue weighted by Crippen LogP contribution is 2.21. The maximum Gasteiger partial charge on any atom is 0.161 e. The Kier molecular flexibility index (Phi) is 4.00. The standard InChI is InChI=1S/C14H11ClF3N/c1-8-2-3-9(4-10(8)15)7-19-14-6-12(17)11(16)5-13(14)18/h2-6,19H,7H2,1H3. The molecule has 19 heavy (non-hydrogen) atoms. The highest BCUT2D eigenvalue weighted by molar-refractivity contribution is 6.31. The first-order valence-corrected chi connectivity index (χ1v) is 5.98. The van der Waals surface area contributed by atoms with Crippen LogP contribution in [0.1, 0.15) is 11.1 Å². The SMILES string of the molecule is Cc1ccc(CNc2cc(F)c(F)cc2F)cc1Cl. The van der Waals surface area contributed by atoms with Crippen LogP contribution in [0, 0.1) is 24.4 Å². The largest absolute Gasteiger partial charge is 0.379 e. The lowest BCUT2D eigenvalue weighted by Gasteiger charge is -2.09. The minimum Gasteiger partial charge on any atom is -0.379 e. The van der Waals surface area contributed by atoms with Gasteiger partial charge in [0.25, 0.3) is 0 Å². The quantitative estimate of drug-likeness (QED) is 0.808. The van der Waals surface area contributed by atoms with E-state index >= 15 is 0 Å². The second-order valence-corrected chi connectivity index (χ2v) is 4.59. The van der Waals surface area contributed by atoms with Crippen molar-refractivity contribution in [3.8, 4) is 0 Å². The normalized spacial score (nSPS) is 10.6. The first-order chi connectivity index (χ1) is 8.97. The van der Waals surface area contributed by atoms with E-state index in [1.807, 2.05) is 19.1 Å². The van der Waals surface area contributed by atoms with Gasteiger partial charge in [-0.2, -0.15) is 0 Å². The molecule has 0 spiro atoms. The molecule has 0 saturated carbocycles. The van der Waals surface area contributed by atoms with Gasteiger partial charge < -0.3 is 5.32 Å². The number of hydrogen-bond acceptors (Lipinski definition) is 1. The van der Waals surface area contributed by atoms with E-state index < -0.39 is 17.5 Å². The Morgan fingerprint density at radius 1 is 1.00 bits per heavy atom. The number of anilines is 1. The molecular formula is C14H11ClF3N. The van der Waals surface area contributed by atoms with E-state index in [0.717, 1.165) is 17.2 Å². The van der Waals surface area contributed by atoms with Crippen LogP contribution >= 0.6 is 11.6 Å². The average Bonchev–Trinajstić information content (AvgIpc) is 2.36. The first kappa shape index (κ1) is 13.7. The predicted octanol–water partition coefficient (Wildman–Crippen LogP) is 4.68. The Balaban J connectivity index is 2.14. The van der Waals surface area contributed by atoms with Crippen molar-refractivity contribution in [2.24, 2.45) is 0 Å². The van der Waals surface area contributed by atoms with Gasteiger partial charge in [0, 0.05) is 23.7 Å². The van der Waals surface area contributed by atoms with E-state index in [1.54, 1.807) is 6.07 Å². The van der Waals surface area contributed by atoms with E-state index in [-0.39, 0.29) is 12.2 Å². The Bertz CT molecular complexity index is 614. The molecule has 0 amide bonds. The summed E-state index contributed by atoms with van der Waals surface area (Å²) in [6.45, 7) is 2.14. The molecule has 2 aromatic rings. The molecular weight excluding hydrogens is 275 g/mol. The minimum atomic E-state index is -1.21. The monoisotopic (exact) mass is 285 g/mol. The van der Waals surface area contributed by atoms with Gasteiger partial charge in [0.15, 0.2) is 11.6 Å². The zero-order chi connectivity index (χ0) is 14.0. The van der Waals surface area contributed by atoms with Crippen LogP contribution in [-0.2, 0) is 6.54 Å². The van der Waals surface area contributed by atoms with Crippen LogP contribution in [0.2, 0.25) is 5.02 Å². The Labute approximate surface area is 114 Å². The molecule has 0 heterocycles. The average molecular weight is 286 g/mol. The second-order valence-electron chi connectivity index (χ2n) is 4.18. The molecule has 0 fully saturated rings. The van der Waals surface area contributed by atoms with Crippen molar-refractivity contribution in [2.45, 2.75) is 13.5 Å². The van der Waals surface area contributed by atoms with Crippen LogP contribution in [0.15, 0.2) is 30.3 Å². The molecule has 0 aliphatic heterocycles. The summed E-state index contributed by atoms with van der Waals surface area (Å²) in [5, 5.41) is 3.31. The highest BCUT2D eigenvalue weighted by atomic mass is 35.5. The van der Waals surface area contributed by atoms with Gasteiger partial charge in [0.2, 0.25) is 0 Å². The van der Waals surface area contributed by atoms with E-state index in [9.17, 15) is 13.2 Å². The molecule has 0 bridgehead atoms. The summed E-state index contributed by atoms with van der Waals surface area (Å²) in [5.41, 5.74) is 1.67. The number of hydrogen-bond donors (Lipinski definition) is 1. The number of aryl methyl sites for hydroxylation is 1. The smallest absolute Gasteiger partial charge is 0.161 e. The van der Waals surface area contributed by atoms with Crippen LogP contribution < -0.4 is 5.32 Å². The van der Waals surface area contributed by atoms with Crippen LogP contribution in [0.25, 0.3) is 0 Å². The van der Waals surface area contributed by atoms with Crippen molar-refractivity contribution in [2.75, 3.05) is 5.32 Å². The predicted molar refractivity (Wildman–Crippen MR) is 69.8 cm³/mol. The summed E-state index contributed by atoms with van der Waals surface area (Å²) in [6, 6.07) is 6.70. The molecule has 0 aliphatic rings. The molecule has 0 aromatic heterocycles. The molecule has 2 rings (SSSR count). The van der Waals surface area contributed by atoms with Crippen LogP contribution in [0.3, 0.4) is 0 Å². The number of benzene rings is 2. The zero-order valence-corrected chi connectivity index (χ0v) is 10.9. The number of halogens is 4. The van der Waals surface area contributed by atoms with Crippen molar-refractivity contribution >= 4 is 17.3 Å². The molecule has 1 N–H and O–H groups in total. The summed E-state index contributed by atoms with van der Waals surface area (Å²) >= 11 is 5.96. The molecule has 0 unspecified atom stereocenters. The third kappa shape index (κ3) is 3.20. The van der Waals surface area contributed by atoms with Crippen molar-refractivity contribution in [1.29, 1.82) is 0 Å². The Hall–Kier alpha value is -1.68. The molecule has 0 atom stereocenters. The number of nitrogens with one attached hydrogen (secondary N) is 1. The summed E-state index contributed by atoms with van der Waals surface area (Å²) in [5.74, 6) is -3.13. The summed E-state index contributed by atoms with van der Waals surface area (Å²) in [7, 11) is 0. The van der Waals surface area contributed by atoms with E-state index in [4.69, 9.17) is 11.6 Å². The van der Waals surface area contributed by atoms with E-state index in [2.05, 4.69) is 5.32 Å². The van der Waals surface area contributed by atoms with Gasteiger partial charge in [0.1, 0.15) is 5.82 Å². The van der Waals surface area contributed by atoms with Gasteiger partial charge in [-0.25, -0.2) is 13.2 Å². The summed E-state index contributed by atoms with van der Waals surface area (Å²) in [6.07, 6.45) is 0. The maximum absolute atomic E-state index is 13.4. The van der Waals surface area contributed by atoms with Crippen LogP contribution in [-0.4, -0.2) is 0 Å². The minimum absolute atomic E-state index is 0.0874. The lowest BCUT2D eigenvalue weighted by atomic mass is 10.1. The van der Waals surface area contributed by atoms with Gasteiger partial charge in [-0.05, 0) is 24.1 Å². The third-order valence-corrected chi connectivity index (χ3v) is 3.14. The molecule has 0 radical (unpaired) electrons. The van der Waals surface area contributed by atoms with Gasteiger partial charge >= 0.3 is 0 Å². The molecule has 5 heteroatoms. The molecule has 100 valence electrons. The highest BCUT2D eigenvalue weighted by Gasteiger charge is 2.09. The molecule has 0 aliphatic carbocycles. The van der Waals surface area contributed by atoms with Crippen LogP contribution in [0.5, 0.6) is 0 Å². The van der Waals surface area contributed by atoms with E-state index in [1.165, 1.54) is 0 Å².